The summed E-state index contributed by atoms with van der Waals surface area (Å²) >= 11 is 0.655. The molecule has 1 aromatic heterocycles. The van der Waals surface area contributed by atoms with Crippen molar-refractivity contribution in [2.75, 3.05) is 17.9 Å². The van der Waals surface area contributed by atoms with Gasteiger partial charge in [0.25, 0.3) is 10.0 Å². The first-order valence-electron chi connectivity index (χ1n) is 6.08. The number of rotatable bonds is 6. The second kappa shape index (κ2) is 6.29. The molecule has 0 aliphatic rings. The number of ether oxygens (including phenoxy) is 1. The maximum atomic E-state index is 12.2. The number of nitrogens with two attached hydrogens (primary N) is 1. The lowest BCUT2D eigenvalue weighted by Gasteiger charge is -2.08. The van der Waals surface area contributed by atoms with Gasteiger partial charge in [-0.25, -0.2) is 8.42 Å². The second-order valence-electron chi connectivity index (χ2n) is 4.19. The number of anilines is 1. The minimum Gasteiger partial charge on any atom is -0.492 e. The molecule has 4 N–H and O–H groups in total. The molecular weight excluding hydrogens is 314 g/mol. The van der Waals surface area contributed by atoms with Crippen LogP contribution in [-0.4, -0.2) is 26.6 Å². The van der Waals surface area contributed by atoms with Gasteiger partial charge in [-0.1, -0.05) is 11.3 Å². The average molecular weight is 329 g/mol. The molecule has 114 valence electrons. The minimum absolute atomic E-state index is 0.0176. The Hall–Kier alpha value is -1.84. The molecule has 0 amide bonds. The largest absolute Gasteiger partial charge is 0.492 e. The summed E-state index contributed by atoms with van der Waals surface area (Å²) in [5.41, 5.74) is 6.03. The molecule has 2 rings (SSSR count). The monoisotopic (exact) mass is 329 g/mol. The molecular formula is C12H15N3O4S2. The second-order valence-corrected chi connectivity index (χ2v) is 7.05. The Morgan fingerprint density at radius 3 is 2.52 bits per heavy atom. The Balaban J connectivity index is 2.17. The predicted octanol–water partition coefficient (Wildman–Crippen LogP) is 0.883. The molecule has 0 fully saturated rings. The third-order valence-electron chi connectivity index (χ3n) is 2.52. The Labute approximate surface area is 125 Å². The van der Waals surface area contributed by atoms with E-state index in [4.69, 9.17) is 10.5 Å². The molecule has 0 saturated carbocycles. The number of aromatic nitrogens is 1. The van der Waals surface area contributed by atoms with Gasteiger partial charge in [0.2, 0.25) is 0 Å². The number of thiazole rings is 1. The van der Waals surface area contributed by atoms with Crippen molar-refractivity contribution in [3.05, 3.63) is 39.6 Å². The SMILES string of the molecule is Cc1[nH]c(=O)sc1S(=O)(=O)Nc1ccc(OCCN)cc1. The van der Waals surface area contributed by atoms with E-state index in [1.807, 2.05) is 0 Å². The van der Waals surface area contributed by atoms with Gasteiger partial charge >= 0.3 is 4.87 Å². The van der Waals surface area contributed by atoms with Crippen molar-refractivity contribution in [3.63, 3.8) is 0 Å². The lowest BCUT2D eigenvalue weighted by Crippen LogP contribution is -2.13. The van der Waals surface area contributed by atoms with Gasteiger partial charge in [0.15, 0.2) is 4.21 Å². The molecule has 0 bridgehead atoms. The van der Waals surface area contributed by atoms with Crippen LogP contribution in [0.2, 0.25) is 0 Å². The van der Waals surface area contributed by atoms with E-state index in [-0.39, 0.29) is 4.21 Å². The number of hydrogen-bond acceptors (Lipinski definition) is 6. The van der Waals surface area contributed by atoms with Crippen LogP contribution >= 0.6 is 11.3 Å². The fourth-order valence-corrected chi connectivity index (χ4v) is 4.00. The summed E-state index contributed by atoms with van der Waals surface area (Å²) in [6.45, 7) is 2.33. The number of H-pyrrole nitrogens is 1. The third-order valence-corrected chi connectivity index (χ3v) is 5.50. The van der Waals surface area contributed by atoms with E-state index >= 15 is 0 Å². The maximum Gasteiger partial charge on any atom is 0.306 e. The summed E-state index contributed by atoms with van der Waals surface area (Å²) in [6.07, 6.45) is 0. The van der Waals surface area contributed by atoms with Gasteiger partial charge in [-0.3, -0.25) is 9.52 Å². The normalized spacial score (nSPS) is 11.3. The topological polar surface area (TPSA) is 114 Å². The zero-order valence-corrected chi connectivity index (χ0v) is 12.9. The predicted molar refractivity (Wildman–Crippen MR) is 81.5 cm³/mol. The average Bonchev–Trinajstić information content (AvgIpc) is 2.77. The highest BCUT2D eigenvalue weighted by molar-refractivity contribution is 7.94. The van der Waals surface area contributed by atoms with Crippen molar-refractivity contribution in [1.29, 1.82) is 0 Å². The van der Waals surface area contributed by atoms with Crippen LogP contribution in [0.25, 0.3) is 0 Å². The van der Waals surface area contributed by atoms with Crippen LogP contribution in [0.1, 0.15) is 5.69 Å². The number of nitrogens with one attached hydrogen (secondary N) is 2. The molecule has 0 aliphatic carbocycles. The number of aromatic amines is 1. The molecule has 0 spiro atoms. The number of sulfonamides is 1. The van der Waals surface area contributed by atoms with Gasteiger partial charge in [0.1, 0.15) is 12.4 Å². The molecule has 2 aromatic rings. The van der Waals surface area contributed by atoms with E-state index in [0.29, 0.717) is 41.6 Å². The molecule has 21 heavy (non-hydrogen) atoms. The Morgan fingerprint density at radius 1 is 1.33 bits per heavy atom. The zero-order valence-electron chi connectivity index (χ0n) is 11.3. The molecule has 1 aromatic carbocycles. The van der Waals surface area contributed by atoms with Gasteiger partial charge in [0.05, 0.1) is 0 Å². The Bertz CT molecular complexity index is 763. The number of benzene rings is 1. The van der Waals surface area contributed by atoms with Crippen LogP contribution in [-0.2, 0) is 10.0 Å². The van der Waals surface area contributed by atoms with Crippen molar-refractivity contribution < 1.29 is 13.2 Å². The lowest BCUT2D eigenvalue weighted by atomic mass is 10.3. The van der Waals surface area contributed by atoms with Crippen molar-refractivity contribution in [2.24, 2.45) is 5.73 Å². The van der Waals surface area contributed by atoms with Crippen LogP contribution in [0.3, 0.4) is 0 Å². The summed E-state index contributed by atoms with van der Waals surface area (Å²) in [7, 11) is -3.78. The smallest absolute Gasteiger partial charge is 0.306 e. The van der Waals surface area contributed by atoms with E-state index in [1.165, 1.54) is 6.92 Å². The first-order valence-corrected chi connectivity index (χ1v) is 8.38. The van der Waals surface area contributed by atoms with Crippen LogP contribution in [0.15, 0.2) is 33.3 Å². The standard InChI is InChI=1S/C12H15N3O4S2/c1-8-11(20-12(16)14-8)21(17,18)15-9-2-4-10(5-3-9)19-7-6-13/h2-5,15H,6-7,13H2,1H3,(H,14,16). The fraction of sp³-hybridized carbons (Fsp3) is 0.250. The summed E-state index contributed by atoms with van der Waals surface area (Å²) in [6, 6.07) is 6.43. The van der Waals surface area contributed by atoms with E-state index in [9.17, 15) is 13.2 Å². The highest BCUT2D eigenvalue weighted by atomic mass is 32.2. The first-order chi connectivity index (χ1) is 9.92. The molecule has 7 nitrogen and oxygen atoms in total. The van der Waals surface area contributed by atoms with Crippen LogP contribution in [0.4, 0.5) is 5.69 Å². The van der Waals surface area contributed by atoms with Gasteiger partial charge in [-0.05, 0) is 31.2 Å². The molecule has 0 atom stereocenters. The van der Waals surface area contributed by atoms with Crippen LogP contribution in [0, 0.1) is 6.92 Å². The molecule has 0 saturated heterocycles. The van der Waals surface area contributed by atoms with Crippen molar-refractivity contribution >= 4 is 27.0 Å². The van der Waals surface area contributed by atoms with Crippen molar-refractivity contribution in [1.82, 2.24) is 4.98 Å². The number of aryl methyl sites for hydroxylation is 1. The van der Waals surface area contributed by atoms with Gasteiger partial charge < -0.3 is 15.5 Å². The number of hydrogen-bond donors (Lipinski definition) is 3. The molecule has 0 unspecified atom stereocenters. The summed E-state index contributed by atoms with van der Waals surface area (Å²) in [5.74, 6) is 0.603. The fourth-order valence-electron chi connectivity index (χ4n) is 1.64. The summed E-state index contributed by atoms with van der Waals surface area (Å²) in [4.78, 5) is 13.2. The van der Waals surface area contributed by atoms with Crippen molar-refractivity contribution in [3.8, 4) is 5.75 Å². The quantitative estimate of drug-likeness (QED) is 0.728. The van der Waals surface area contributed by atoms with E-state index < -0.39 is 14.9 Å². The van der Waals surface area contributed by atoms with Crippen LogP contribution in [0.5, 0.6) is 5.75 Å². The van der Waals surface area contributed by atoms with Gasteiger partial charge in [-0.2, -0.15) is 0 Å². The highest BCUT2D eigenvalue weighted by Gasteiger charge is 2.20. The Morgan fingerprint density at radius 2 is 2.00 bits per heavy atom. The summed E-state index contributed by atoms with van der Waals surface area (Å²) < 4.78 is 32.1. The van der Waals surface area contributed by atoms with E-state index in [0.717, 1.165) is 0 Å². The molecule has 0 aliphatic heterocycles. The maximum absolute atomic E-state index is 12.2. The Kier molecular flexibility index (Phi) is 4.66. The van der Waals surface area contributed by atoms with Crippen molar-refractivity contribution in [2.45, 2.75) is 11.1 Å². The van der Waals surface area contributed by atoms with E-state index in [1.54, 1.807) is 24.3 Å². The highest BCUT2D eigenvalue weighted by Crippen LogP contribution is 2.22. The molecule has 1 heterocycles. The lowest BCUT2D eigenvalue weighted by molar-refractivity contribution is 0.328. The molecule has 9 heteroatoms. The summed E-state index contributed by atoms with van der Waals surface area (Å²) in [5, 5.41) is 0. The van der Waals surface area contributed by atoms with Gasteiger partial charge in [-0.15, -0.1) is 0 Å². The third kappa shape index (κ3) is 3.84. The van der Waals surface area contributed by atoms with Gasteiger partial charge in [0, 0.05) is 17.9 Å². The molecule has 0 radical (unpaired) electrons. The van der Waals surface area contributed by atoms with Crippen LogP contribution < -0.4 is 20.1 Å². The van der Waals surface area contributed by atoms with E-state index in [2.05, 4.69) is 9.71 Å². The zero-order chi connectivity index (χ0) is 15.5. The minimum atomic E-state index is -3.78. The first kappa shape index (κ1) is 15.5.